The molecule has 0 spiro atoms. The molecule has 4 aliphatic rings. The van der Waals surface area contributed by atoms with Crippen molar-refractivity contribution in [3.05, 3.63) is 90.0 Å². The van der Waals surface area contributed by atoms with Crippen LogP contribution in [-0.4, -0.2) is 5.97 Å². The number of benzene rings is 3. The lowest BCUT2D eigenvalue weighted by atomic mass is 9.49. The fraction of sp³-hybridized carbons (Fsp3) is 0.345. The number of carbonyl (C=O) groups excluding carboxylic acids is 1. The van der Waals surface area contributed by atoms with Gasteiger partial charge in [0.15, 0.2) is 0 Å². The van der Waals surface area contributed by atoms with Crippen LogP contribution in [-0.2, 0) is 8.98 Å². The van der Waals surface area contributed by atoms with E-state index < -0.39 is 10.3 Å². The van der Waals surface area contributed by atoms with Crippen molar-refractivity contribution in [2.24, 2.45) is 23.2 Å². The molecule has 0 amide bonds. The van der Waals surface area contributed by atoms with Crippen molar-refractivity contribution in [1.82, 2.24) is 0 Å². The molecule has 0 atom stereocenters. The summed E-state index contributed by atoms with van der Waals surface area (Å²) in [5.74, 6) is 2.09. The third-order valence-electron chi connectivity index (χ3n) is 7.97. The summed E-state index contributed by atoms with van der Waals surface area (Å²) < 4.78 is 6.92. The van der Waals surface area contributed by atoms with Crippen LogP contribution in [0.15, 0.2) is 99.6 Å². The van der Waals surface area contributed by atoms with Gasteiger partial charge in [-0.25, -0.2) is 0 Å². The fourth-order valence-electron chi connectivity index (χ4n) is 6.97. The van der Waals surface area contributed by atoms with Crippen LogP contribution in [0.3, 0.4) is 0 Å². The molecule has 0 aliphatic heterocycles. The van der Waals surface area contributed by atoms with Crippen LogP contribution in [0.5, 0.6) is 0 Å². The predicted molar refractivity (Wildman–Crippen MR) is 133 cm³/mol. The minimum absolute atomic E-state index is 0.0132. The first-order valence-electron chi connectivity index (χ1n) is 12.0. The molecule has 2 nitrogen and oxygen atoms in total. The second kappa shape index (κ2) is 8.21. The third kappa shape index (κ3) is 3.61. The molecule has 4 aliphatic carbocycles. The van der Waals surface area contributed by atoms with E-state index in [0.717, 1.165) is 33.9 Å². The molecule has 4 saturated carbocycles. The van der Waals surface area contributed by atoms with Gasteiger partial charge >= 0.3 is 5.97 Å². The second-order valence-electron chi connectivity index (χ2n) is 10.2. The Balaban J connectivity index is 1.50. The highest BCUT2D eigenvalue weighted by molar-refractivity contribution is 8.30. The first-order valence-corrected chi connectivity index (χ1v) is 13.9. The lowest BCUT2D eigenvalue weighted by molar-refractivity contribution is -0.160. The van der Waals surface area contributed by atoms with Gasteiger partial charge < -0.3 is 4.18 Å². The van der Waals surface area contributed by atoms with Gasteiger partial charge in [-0.3, -0.25) is 4.79 Å². The van der Waals surface area contributed by atoms with Gasteiger partial charge in [0.25, 0.3) is 0 Å². The van der Waals surface area contributed by atoms with Gasteiger partial charge in [-0.05, 0) is 115 Å². The molecule has 170 valence electrons. The molecule has 0 saturated heterocycles. The van der Waals surface area contributed by atoms with E-state index in [-0.39, 0.29) is 11.4 Å². The molecule has 0 heterocycles. The molecule has 3 aromatic carbocycles. The van der Waals surface area contributed by atoms with E-state index in [1.54, 1.807) is 0 Å². The van der Waals surface area contributed by atoms with Gasteiger partial charge in [0.05, 0.1) is 5.41 Å². The Kier molecular flexibility index (Phi) is 5.31. The highest BCUT2D eigenvalue weighted by Gasteiger charge is 2.56. The number of rotatable bonds is 5. The Bertz CT molecular complexity index is 1070. The van der Waals surface area contributed by atoms with E-state index in [2.05, 4.69) is 24.3 Å². The van der Waals surface area contributed by atoms with Crippen molar-refractivity contribution in [2.75, 3.05) is 0 Å². The van der Waals surface area contributed by atoms with Crippen LogP contribution in [0.2, 0.25) is 5.02 Å². The zero-order chi connectivity index (χ0) is 22.5. The highest BCUT2D eigenvalue weighted by Crippen LogP contribution is 2.71. The van der Waals surface area contributed by atoms with Crippen molar-refractivity contribution < 1.29 is 8.98 Å². The monoisotopic (exact) mass is 476 g/mol. The van der Waals surface area contributed by atoms with E-state index in [9.17, 15) is 4.79 Å². The maximum Gasteiger partial charge on any atom is 0.323 e. The Morgan fingerprint density at radius 3 is 1.58 bits per heavy atom. The molecule has 0 aromatic heterocycles. The molecule has 0 N–H and O–H groups in total. The molecule has 4 fully saturated rings. The molecule has 0 radical (unpaired) electrons. The summed E-state index contributed by atoms with van der Waals surface area (Å²) in [6.07, 6.45) is 6.91. The van der Waals surface area contributed by atoms with E-state index in [4.69, 9.17) is 15.8 Å². The SMILES string of the molecule is O=C(OS(c1ccccc1)(c1ccccc1)c1ccc(Cl)cc1)C12CC3CC(CC(C3)C1)C2. The molecule has 3 aromatic rings. The van der Waals surface area contributed by atoms with Gasteiger partial charge in [0, 0.05) is 19.7 Å². The molecule has 0 unspecified atom stereocenters. The fourth-order valence-corrected chi connectivity index (χ4v) is 10.2. The summed E-state index contributed by atoms with van der Waals surface area (Å²) in [5, 5.41) is 0.681. The van der Waals surface area contributed by atoms with Gasteiger partial charge in [-0.15, -0.1) is 0 Å². The maximum atomic E-state index is 14.3. The molecule has 33 heavy (non-hydrogen) atoms. The van der Waals surface area contributed by atoms with E-state index in [0.29, 0.717) is 22.8 Å². The predicted octanol–water partition coefficient (Wildman–Crippen LogP) is 8.30. The van der Waals surface area contributed by atoms with E-state index in [1.165, 1.54) is 19.3 Å². The van der Waals surface area contributed by atoms with E-state index >= 15 is 0 Å². The number of hydrogen-bond acceptors (Lipinski definition) is 2. The smallest absolute Gasteiger partial charge is 0.323 e. The van der Waals surface area contributed by atoms with Gasteiger partial charge in [0.2, 0.25) is 0 Å². The largest absolute Gasteiger partial charge is 0.402 e. The van der Waals surface area contributed by atoms with Crippen LogP contribution in [0, 0.1) is 23.2 Å². The second-order valence-corrected chi connectivity index (χ2v) is 13.3. The van der Waals surface area contributed by atoms with Crippen LogP contribution in [0.25, 0.3) is 0 Å². The Labute approximate surface area is 202 Å². The van der Waals surface area contributed by atoms with Crippen molar-refractivity contribution in [3.63, 3.8) is 0 Å². The molecular formula is C29H29ClO2S. The highest BCUT2D eigenvalue weighted by atomic mass is 35.5. The van der Waals surface area contributed by atoms with Crippen LogP contribution >= 0.6 is 21.9 Å². The lowest BCUT2D eigenvalue weighted by Crippen LogP contribution is -2.50. The van der Waals surface area contributed by atoms with Crippen molar-refractivity contribution in [2.45, 2.75) is 53.2 Å². The Morgan fingerprint density at radius 1 is 0.697 bits per heavy atom. The topological polar surface area (TPSA) is 26.3 Å². The number of carbonyl (C=O) groups is 1. The first kappa shape index (κ1) is 21.3. The van der Waals surface area contributed by atoms with Crippen molar-refractivity contribution >= 4 is 27.9 Å². The zero-order valence-corrected chi connectivity index (χ0v) is 20.2. The molecule has 7 rings (SSSR count). The number of halogens is 1. The summed E-state index contributed by atoms with van der Waals surface area (Å²) in [4.78, 5) is 17.4. The summed E-state index contributed by atoms with van der Waals surface area (Å²) in [5.41, 5.74) is -0.316. The Morgan fingerprint density at radius 2 is 1.12 bits per heavy atom. The standard InChI is InChI=1S/C29H29ClO2S/c30-24-11-13-27(14-12-24)33(25-7-3-1-4-8-25,26-9-5-2-6-10-26)32-28(31)29-18-21-15-22(19-29)17-23(16-21)20-29/h1-14,21-23H,15-20H2. The molecule has 4 heteroatoms. The minimum atomic E-state index is -2.25. The molecular weight excluding hydrogens is 448 g/mol. The van der Waals surface area contributed by atoms with Crippen LogP contribution in [0.4, 0.5) is 0 Å². The van der Waals surface area contributed by atoms with Gasteiger partial charge in [0.1, 0.15) is 0 Å². The summed E-state index contributed by atoms with van der Waals surface area (Å²) in [6.45, 7) is 0. The van der Waals surface area contributed by atoms with Gasteiger partial charge in [-0.1, -0.05) is 48.0 Å². The zero-order valence-electron chi connectivity index (χ0n) is 18.7. The molecule has 4 bridgehead atoms. The van der Waals surface area contributed by atoms with Crippen molar-refractivity contribution in [1.29, 1.82) is 0 Å². The van der Waals surface area contributed by atoms with E-state index in [1.807, 2.05) is 60.7 Å². The van der Waals surface area contributed by atoms with Gasteiger partial charge in [-0.2, -0.15) is 0 Å². The average molecular weight is 477 g/mol. The normalized spacial score (nSPS) is 28.5. The number of hydrogen-bond donors (Lipinski definition) is 0. The van der Waals surface area contributed by atoms with Crippen LogP contribution < -0.4 is 0 Å². The van der Waals surface area contributed by atoms with Crippen molar-refractivity contribution in [3.8, 4) is 0 Å². The van der Waals surface area contributed by atoms with Crippen LogP contribution in [0.1, 0.15) is 38.5 Å². The summed E-state index contributed by atoms with van der Waals surface area (Å²) in [7, 11) is -2.25. The maximum absolute atomic E-state index is 14.3. The lowest BCUT2D eigenvalue weighted by Gasteiger charge is -2.56. The summed E-state index contributed by atoms with van der Waals surface area (Å²) >= 11 is 6.27. The third-order valence-corrected chi connectivity index (χ3v) is 11.4. The Hall–Kier alpha value is -2.23. The first-order chi connectivity index (χ1) is 16.1. The summed E-state index contributed by atoms with van der Waals surface area (Å²) in [6, 6.07) is 28.5. The minimum Gasteiger partial charge on any atom is -0.402 e. The average Bonchev–Trinajstić information content (AvgIpc) is 2.83. The quantitative estimate of drug-likeness (QED) is 0.370.